The molecule has 0 aliphatic carbocycles. The number of piperidine rings is 1. The number of aromatic nitrogens is 4. The molecule has 1 fully saturated rings. The van der Waals surface area contributed by atoms with Crippen molar-refractivity contribution in [3.05, 3.63) is 35.8 Å². The van der Waals surface area contributed by atoms with Gasteiger partial charge < -0.3 is 19.1 Å². The molecule has 1 amide bonds. The van der Waals surface area contributed by atoms with Crippen molar-refractivity contribution in [2.75, 3.05) is 20.2 Å². The number of hydrogen-bond donors (Lipinski definition) is 0. The van der Waals surface area contributed by atoms with Crippen LogP contribution in [0.15, 0.2) is 24.4 Å². The van der Waals surface area contributed by atoms with E-state index in [1.807, 2.05) is 45.9 Å². The molecule has 32 heavy (non-hydrogen) atoms. The first-order chi connectivity index (χ1) is 15.4. The maximum absolute atomic E-state index is 12.1. The summed E-state index contributed by atoms with van der Waals surface area (Å²) >= 11 is 0. The molecule has 0 spiro atoms. The van der Waals surface area contributed by atoms with Crippen molar-refractivity contribution >= 4 is 11.7 Å². The van der Waals surface area contributed by atoms with Gasteiger partial charge in [0.1, 0.15) is 6.10 Å². The number of rotatable bonds is 5. The van der Waals surface area contributed by atoms with E-state index in [1.54, 1.807) is 22.7 Å². The van der Waals surface area contributed by atoms with Gasteiger partial charge in [0.15, 0.2) is 5.65 Å². The van der Waals surface area contributed by atoms with E-state index in [4.69, 9.17) is 19.3 Å². The van der Waals surface area contributed by atoms with E-state index < -0.39 is 0 Å². The van der Waals surface area contributed by atoms with Gasteiger partial charge in [0.2, 0.25) is 11.8 Å². The molecule has 9 nitrogen and oxygen atoms in total. The van der Waals surface area contributed by atoms with Crippen LogP contribution in [0.5, 0.6) is 11.8 Å². The zero-order valence-electron chi connectivity index (χ0n) is 19.2. The second-order valence-corrected chi connectivity index (χ2v) is 8.20. The van der Waals surface area contributed by atoms with Crippen LogP contribution >= 0.6 is 0 Å². The summed E-state index contributed by atoms with van der Waals surface area (Å²) in [7, 11) is 1.60. The molecule has 9 heteroatoms. The average Bonchev–Trinajstić information content (AvgIpc) is 3.10. The van der Waals surface area contributed by atoms with Gasteiger partial charge in [0.05, 0.1) is 24.5 Å². The van der Waals surface area contributed by atoms with Crippen molar-refractivity contribution < 1.29 is 19.0 Å². The predicted octanol–water partition coefficient (Wildman–Crippen LogP) is 3.80. The number of carbonyl (C=O) groups excluding carboxylic acids is 1. The monoisotopic (exact) mass is 439 g/mol. The fourth-order valence-corrected chi connectivity index (χ4v) is 3.95. The molecule has 0 aromatic carbocycles. The summed E-state index contributed by atoms with van der Waals surface area (Å²) < 4.78 is 18.6. The Balaban J connectivity index is 1.55. The van der Waals surface area contributed by atoms with E-state index in [0.29, 0.717) is 30.5 Å². The van der Waals surface area contributed by atoms with E-state index in [-0.39, 0.29) is 18.3 Å². The number of ether oxygens (including phenoxy) is 3. The van der Waals surface area contributed by atoms with Crippen LogP contribution in [0.25, 0.3) is 16.8 Å². The van der Waals surface area contributed by atoms with E-state index in [2.05, 4.69) is 9.97 Å². The number of aryl methyl sites for hydroxylation is 2. The zero-order chi connectivity index (χ0) is 22.8. The minimum absolute atomic E-state index is 0.0129. The maximum atomic E-state index is 12.1. The molecule has 4 heterocycles. The lowest BCUT2D eigenvalue weighted by atomic mass is 10.1. The van der Waals surface area contributed by atoms with Crippen LogP contribution in [0, 0.1) is 13.8 Å². The minimum atomic E-state index is -0.263. The molecule has 170 valence electrons. The molecule has 1 aliphatic rings. The summed E-state index contributed by atoms with van der Waals surface area (Å²) in [5, 5.41) is 4.70. The number of nitrogens with zero attached hydrogens (tertiary/aromatic N) is 5. The second kappa shape index (κ2) is 9.02. The lowest BCUT2D eigenvalue weighted by Gasteiger charge is -2.31. The molecule has 0 N–H and O–H groups in total. The molecule has 3 aromatic rings. The van der Waals surface area contributed by atoms with Gasteiger partial charge in [-0.2, -0.15) is 9.61 Å². The van der Waals surface area contributed by atoms with Crippen LogP contribution < -0.4 is 9.47 Å². The summed E-state index contributed by atoms with van der Waals surface area (Å²) in [6.45, 7) is 8.81. The number of carbonyl (C=O) groups is 1. The van der Waals surface area contributed by atoms with Gasteiger partial charge in [-0.1, -0.05) is 0 Å². The van der Waals surface area contributed by atoms with Crippen LogP contribution in [-0.2, 0) is 4.74 Å². The minimum Gasteiger partial charge on any atom is -0.481 e. The maximum Gasteiger partial charge on any atom is 0.410 e. The Morgan fingerprint density at radius 3 is 2.53 bits per heavy atom. The third-order valence-corrected chi connectivity index (χ3v) is 5.52. The Hall–Kier alpha value is -3.36. The van der Waals surface area contributed by atoms with Crippen molar-refractivity contribution in [1.82, 2.24) is 24.5 Å². The van der Waals surface area contributed by atoms with E-state index in [0.717, 1.165) is 35.4 Å². The number of methoxy groups -OCH3 is 1. The van der Waals surface area contributed by atoms with Crippen LogP contribution in [0.1, 0.15) is 38.1 Å². The molecule has 4 rings (SSSR count). The number of hydrogen-bond acceptors (Lipinski definition) is 7. The molecular formula is C23H29N5O4. The van der Waals surface area contributed by atoms with Gasteiger partial charge in [0, 0.05) is 55.5 Å². The highest BCUT2D eigenvalue weighted by Gasteiger charge is 2.26. The van der Waals surface area contributed by atoms with Crippen molar-refractivity contribution in [1.29, 1.82) is 0 Å². The van der Waals surface area contributed by atoms with Gasteiger partial charge in [-0.15, -0.1) is 0 Å². The molecular weight excluding hydrogens is 410 g/mol. The molecule has 1 aliphatic heterocycles. The van der Waals surface area contributed by atoms with E-state index in [1.165, 1.54) is 0 Å². The topological polar surface area (TPSA) is 91.1 Å². The molecule has 0 atom stereocenters. The van der Waals surface area contributed by atoms with Crippen molar-refractivity contribution in [3.63, 3.8) is 0 Å². The normalized spacial score (nSPS) is 14.8. The molecule has 0 saturated carbocycles. The van der Waals surface area contributed by atoms with Gasteiger partial charge in [-0.3, -0.25) is 0 Å². The fraction of sp³-hybridized carbons (Fsp3) is 0.478. The molecule has 3 aromatic heterocycles. The van der Waals surface area contributed by atoms with Crippen molar-refractivity contribution in [2.45, 2.75) is 52.7 Å². The highest BCUT2D eigenvalue weighted by molar-refractivity contribution is 5.81. The van der Waals surface area contributed by atoms with Gasteiger partial charge in [0.25, 0.3) is 0 Å². The Labute approximate surface area is 187 Å². The van der Waals surface area contributed by atoms with E-state index >= 15 is 0 Å². The van der Waals surface area contributed by atoms with E-state index in [9.17, 15) is 4.79 Å². The van der Waals surface area contributed by atoms with Crippen molar-refractivity contribution in [2.24, 2.45) is 0 Å². The SMILES string of the molecule is COc1ccc(-c2c(C)nn3c(OC4CCN(C(=O)OC(C)C)CC4)ccnc23)c(C)n1. The highest BCUT2D eigenvalue weighted by Crippen LogP contribution is 2.32. The quantitative estimate of drug-likeness (QED) is 0.597. The third kappa shape index (κ3) is 4.32. The molecule has 0 radical (unpaired) electrons. The summed E-state index contributed by atoms with van der Waals surface area (Å²) in [6.07, 6.45) is 2.79. The Kier molecular flexibility index (Phi) is 6.16. The largest absolute Gasteiger partial charge is 0.481 e. The number of fused-ring (bicyclic) bond motifs is 1. The van der Waals surface area contributed by atoms with Crippen LogP contribution in [0.2, 0.25) is 0 Å². The zero-order valence-corrected chi connectivity index (χ0v) is 19.2. The van der Waals surface area contributed by atoms with Gasteiger partial charge >= 0.3 is 6.09 Å². The lowest BCUT2D eigenvalue weighted by molar-refractivity contribution is 0.0502. The second-order valence-electron chi connectivity index (χ2n) is 8.20. The first-order valence-corrected chi connectivity index (χ1v) is 10.9. The summed E-state index contributed by atoms with van der Waals surface area (Å²) in [5.74, 6) is 1.20. The Morgan fingerprint density at radius 2 is 1.88 bits per heavy atom. The Morgan fingerprint density at radius 1 is 1.12 bits per heavy atom. The Bertz CT molecular complexity index is 1120. The lowest BCUT2D eigenvalue weighted by Crippen LogP contribution is -2.42. The predicted molar refractivity (Wildman–Crippen MR) is 119 cm³/mol. The standard InChI is InChI=1S/C23H29N5O4/c1-14(2)31-23(29)27-12-9-17(10-13-27)32-20-8-11-24-22-21(16(4)26-28(20)22)18-6-7-19(30-5)25-15(18)3/h6-8,11,14,17H,9-10,12-13H2,1-5H3. The van der Waals surface area contributed by atoms with Crippen molar-refractivity contribution in [3.8, 4) is 22.9 Å². The first-order valence-electron chi connectivity index (χ1n) is 10.9. The number of pyridine rings is 1. The van der Waals surface area contributed by atoms with Crippen LogP contribution in [0.4, 0.5) is 4.79 Å². The average molecular weight is 440 g/mol. The van der Waals surface area contributed by atoms with Crippen LogP contribution in [-0.4, -0.2) is 63.0 Å². The molecule has 1 saturated heterocycles. The molecule has 0 unspecified atom stereocenters. The highest BCUT2D eigenvalue weighted by atomic mass is 16.6. The van der Waals surface area contributed by atoms with Gasteiger partial charge in [-0.25, -0.2) is 14.8 Å². The number of likely N-dealkylation sites (tertiary alicyclic amines) is 1. The summed E-state index contributed by atoms with van der Waals surface area (Å²) in [5.41, 5.74) is 4.29. The number of amides is 1. The van der Waals surface area contributed by atoms with Crippen LogP contribution in [0.3, 0.4) is 0 Å². The first kappa shape index (κ1) is 21.9. The van der Waals surface area contributed by atoms with Gasteiger partial charge in [-0.05, 0) is 33.8 Å². The summed E-state index contributed by atoms with van der Waals surface area (Å²) in [6, 6.07) is 5.64. The molecule has 0 bridgehead atoms. The summed E-state index contributed by atoms with van der Waals surface area (Å²) in [4.78, 5) is 22.9. The smallest absolute Gasteiger partial charge is 0.410 e. The fourth-order valence-electron chi connectivity index (χ4n) is 3.95. The third-order valence-electron chi connectivity index (χ3n) is 5.52.